The summed E-state index contributed by atoms with van der Waals surface area (Å²) in [7, 11) is 1.62. The number of nitrogens with zero attached hydrogens (tertiary/aromatic N) is 3. The van der Waals surface area contributed by atoms with Gasteiger partial charge < -0.3 is 26.6 Å². The molecule has 57 heavy (non-hydrogen) atoms. The molecule has 2 aliphatic heterocycles. The number of amides is 7. The van der Waals surface area contributed by atoms with Crippen LogP contribution in [0.2, 0.25) is 0 Å². The van der Waals surface area contributed by atoms with Gasteiger partial charge in [0.1, 0.15) is 6.04 Å². The Kier molecular flexibility index (Phi) is 10.7. The molecule has 7 amide bonds. The van der Waals surface area contributed by atoms with Crippen LogP contribution in [0.1, 0.15) is 60.7 Å². The Bertz CT molecular complexity index is 2450. The van der Waals surface area contributed by atoms with E-state index in [4.69, 9.17) is 5.73 Å². The molecule has 1 unspecified atom stereocenters. The molecule has 0 radical (unpaired) electrons. The number of pyridine rings is 1. The summed E-state index contributed by atoms with van der Waals surface area (Å²) in [5.74, 6) is -3.67. The van der Waals surface area contributed by atoms with E-state index in [9.17, 15) is 33.6 Å². The monoisotopic (exact) mass is 766 g/mol. The number of benzene rings is 4. The minimum atomic E-state index is -1.09. The molecule has 1 saturated heterocycles. The predicted octanol–water partition coefficient (Wildman–Crippen LogP) is 3.52. The second kappa shape index (κ2) is 16.1. The molecule has 15 nitrogen and oxygen atoms in total. The van der Waals surface area contributed by atoms with Crippen molar-refractivity contribution in [2.24, 2.45) is 5.73 Å². The van der Waals surface area contributed by atoms with Gasteiger partial charge in [0.05, 0.1) is 40.1 Å². The Morgan fingerprint density at radius 2 is 1.61 bits per heavy atom. The summed E-state index contributed by atoms with van der Waals surface area (Å²) in [5, 5.41) is 11.9. The first-order valence-electron chi connectivity index (χ1n) is 18.3. The standard InChI is InChI=1S/C42H38N8O7/c1-49(32-10-5-9-28-36(32)42(57)50(41(28)56)33-17-18-34(51)48-40(33)55)23-35(52)44-19-6-20-45-39(54)25-13-11-24(12-14-25)26-15-16-31-29(21-26)37(30(22-46-31)38(43)53)47-27-7-3-2-4-8-27/h2-5,7-16,21-22,33H,6,17-20,23H2,1H3,(H2,43,53)(H,44,52)(H,45,54)(H,46,47)(H,48,51,55). The molecule has 7 rings (SSSR count). The number of aromatic nitrogens is 1. The van der Waals surface area contributed by atoms with Crippen LogP contribution >= 0.6 is 0 Å². The van der Waals surface area contributed by atoms with Gasteiger partial charge in [0.25, 0.3) is 23.6 Å². The van der Waals surface area contributed by atoms with Crippen LogP contribution in [0.3, 0.4) is 0 Å². The molecule has 288 valence electrons. The van der Waals surface area contributed by atoms with Crippen molar-refractivity contribution in [2.75, 3.05) is 36.9 Å². The highest BCUT2D eigenvalue weighted by atomic mass is 16.2. The van der Waals surface area contributed by atoms with Crippen molar-refractivity contribution in [3.8, 4) is 11.1 Å². The van der Waals surface area contributed by atoms with Gasteiger partial charge in [-0.2, -0.15) is 0 Å². The molecule has 5 aromatic rings. The molecule has 15 heteroatoms. The highest BCUT2D eigenvalue weighted by molar-refractivity contribution is 6.25. The highest BCUT2D eigenvalue weighted by Crippen LogP contribution is 2.35. The number of nitrogens with one attached hydrogen (secondary N) is 4. The molecule has 1 aromatic heterocycles. The summed E-state index contributed by atoms with van der Waals surface area (Å²) in [6, 6.07) is 25.9. The Balaban J connectivity index is 0.912. The van der Waals surface area contributed by atoms with E-state index in [1.807, 2.05) is 60.7 Å². The number of rotatable bonds is 13. The number of primary amides is 1. The van der Waals surface area contributed by atoms with Crippen LogP contribution < -0.4 is 31.9 Å². The Morgan fingerprint density at radius 1 is 0.877 bits per heavy atom. The van der Waals surface area contributed by atoms with Gasteiger partial charge in [-0.3, -0.25) is 48.8 Å². The minimum absolute atomic E-state index is 0.0112. The molecule has 1 fully saturated rings. The van der Waals surface area contributed by atoms with E-state index in [1.165, 1.54) is 12.3 Å². The SMILES string of the molecule is CN(CC(=O)NCCCNC(=O)c1ccc(-c2ccc3ncc(C(N)=O)c(Nc4ccccc4)c3c2)cc1)c1cccc2c1C(=O)N(C1CCC(=O)NC1=O)C2=O. The van der Waals surface area contributed by atoms with E-state index in [1.54, 1.807) is 36.2 Å². The third kappa shape index (κ3) is 7.89. The van der Waals surface area contributed by atoms with Crippen molar-refractivity contribution >= 4 is 69.3 Å². The summed E-state index contributed by atoms with van der Waals surface area (Å²) < 4.78 is 0. The number of carbonyl (C=O) groups is 7. The molecule has 0 bridgehead atoms. The smallest absolute Gasteiger partial charge is 0.264 e. The van der Waals surface area contributed by atoms with Crippen molar-refractivity contribution in [3.05, 3.63) is 119 Å². The molecule has 3 heterocycles. The first-order valence-corrected chi connectivity index (χ1v) is 18.3. The lowest BCUT2D eigenvalue weighted by Crippen LogP contribution is -2.54. The number of fused-ring (bicyclic) bond motifs is 2. The maximum atomic E-state index is 13.4. The van der Waals surface area contributed by atoms with Gasteiger partial charge in [-0.15, -0.1) is 0 Å². The average Bonchev–Trinajstić information content (AvgIpc) is 3.46. The van der Waals surface area contributed by atoms with Crippen LogP contribution in [-0.2, 0) is 14.4 Å². The van der Waals surface area contributed by atoms with Crippen molar-refractivity contribution in [2.45, 2.75) is 25.3 Å². The predicted molar refractivity (Wildman–Crippen MR) is 212 cm³/mol. The summed E-state index contributed by atoms with van der Waals surface area (Å²) in [5.41, 5.74) is 10.7. The molecule has 1 atom stereocenters. The number of hydrogen-bond acceptors (Lipinski definition) is 10. The number of nitrogens with two attached hydrogens (primary N) is 1. The van der Waals surface area contributed by atoms with Gasteiger partial charge in [-0.1, -0.05) is 42.5 Å². The van der Waals surface area contributed by atoms with E-state index in [0.717, 1.165) is 21.7 Å². The lowest BCUT2D eigenvalue weighted by atomic mass is 9.99. The topological polar surface area (TPSA) is 213 Å². The van der Waals surface area contributed by atoms with E-state index >= 15 is 0 Å². The first kappa shape index (κ1) is 37.9. The number of piperidine rings is 1. The molecular formula is C42H38N8O7. The zero-order chi connectivity index (χ0) is 40.2. The van der Waals surface area contributed by atoms with Crippen molar-refractivity contribution in [1.82, 2.24) is 25.8 Å². The summed E-state index contributed by atoms with van der Waals surface area (Å²) in [6.07, 6.45) is 1.96. The van der Waals surface area contributed by atoms with E-state index in [2.05, 4.69) is 26.3 Å². The lowest BCUT2D eigenvalue weighted by molar-refractivity contribution is -0.136. The third-order valence-corrected chi connectivity index (χ3v) is 9.86. The van der Waals surface area contributed by atoms with E-state index in [-0.39, 0.29) is 54.4 Å². The number of carbonyl (C=O) groups excluding carboxylic acids is 7. The minimum Gasteiger partial charge on any atom is -0.365 e. The van der Waals surface area contributed by atoms with Crippen LogP contribution in [0.25, 0.3) is 22.0 Å². The summed E-state index contributed by atoms with van der Waals surface area (Å²) in [6.45, 7) is 0.446. The molecular weight excluding hydrogens is 729 g/mol. The molecule has 0 aliphatic carbocycles. The van der Waals surface area contributed by atoms with Crippen LogP contribution in [-0.4, -0.2) is 84.0 Å². The first-order chi connectivity index (χ1) is 27.5. The molecule has 4 aromatic carbocycles. The van der Waals surface area contributed by atoms with Crippen molar-refractivity contribution in [3.63, 3.8) is 0 Å². The molecule has 6 N–H and O–H groups in total. The van der Waals surface area contributed by atoms with Crippen LogP contribution in [0.5, 0.6) is 0 Å². The van der Waals surface area contributed by atoms with Crippen molar-refractivity contribution in [1.29, 1.82) is 0 Å². The number of para-hydroxylation sites is 1. The molecule has 0 spiro atoms. The quantitative estimate of drug-likeness (QED) is 0.0869. The normalized spacial score (nSPS) is 14.9. The largest absolute Gasteiger partial charge is 0.365 e. The van der Waals surface area contributed by atoms with Gasteiger partial charge >= 0.3 is 0 Å². The van der Waals surface area contributed by atoms with E-state index in [0.29, 0.717) is 40.8 Å². The fourth-order valence-electron chi connectivity index (χ4n) is 6.97. The van der Waals surface area contributed by atoms with Gasteiger partial charge in [0.15, 0.2) is 0 Å². The maximum absolute atomic E-state index is 13.4. The second-order valence-electron chi connectivity index (χ2n) is 13.7. The zero-order valence-electron chi connectivity index (χ0n) is 30.8. The third-order valence-electron chi connectivity index (χ3n) is 9.86. The fourth-order valence-corrected chi connectivity index (χ4v) is 6.97. The number of imide groups is 2. The van der Waals surface area contributed by atoms with E-state index < -0.39 is 35.6 Å². The number of hydrogen-bond donors (Lipinski definition) is 5. The average molecular weight is 767 g/mol. The van der Waals surface area contributed by atoms with Crippen LogP contribution in [0.15, 0.2) is 97.2 Å². The Hall–Kier alpha value is -7.42. The fraction of sp³-hybridized carbons (Fsp3) is 0.190. The number of anilines is 3. The highest BCUT2D eigenvalue weighted by Gasteiger charge is 2.46. The van der Waals surface area contributed by atoms with Crippen LogP contribution in [0.4, 0.5) is 17.1 Å². The van der Waals surface area contributed by atoms with Gasteiger partial charge in [-0.25, -0.2) is 0 Å². The Labute approximate surface area is 326 Å². The van der Waals surface area contributed by atoms with Gasteiger partial charge in [0, 0.05) is 49.4 Å². The Morgan fingerprint density at radius 3 is 2.35 bits per heavy atom. The summed E-state index contributed by atoms with van der Waals surface area (Å²) in [4.78, 5) is 95.6. The lowest BCUT2D eigenvalue weighted by Gasteiger charge is -2.28. The van der Waals surface area contributed by atoms with Crippen LogP contribution in [0, 0.1) is 0 Å². The second-order valence-corrected chi connectivity index (χ2v) is 13.7. The zero-order valence-corrected chi connectivity index (χ0v) is 30.8. The maximum Gasteiger partial charge on any atom is 0.264 e. The molecule has 2 aliphatic rings. The van der Waals surface area contributed by atoms with Gasteiger partial charge in [0.2, 0.25) is 17.7 Å². The molecule has 0 saturated carbocycles. The van der Waals surface area contributed by atoms with Crippen molar-refractivity contribution < 1.29 is 33.6 Å². The van der Waals surface area contributed by atoms with Gasteiger partial charge in [-0.05, 0) is 72.5 Å². The number of likely N-dealkylation sites (N-methyl/N-ethyl adjacent to an activating group) is 1. The summed E-state index contributed by atoms with van der Waals surface area (Å²) >= 11 is 0.